The minimum atomic E-state index is -0.232. The highest BCUT2D eigenvalue weighted by Crippen LogP contribution is 2.30. The number of carbonyl (C=O) groups excluding carboxylic acids is 1. The number of benzene rings is 2. The topological polar surface area (TPSA) is 101 Å². The molecule has 2 atom stereocenters. The average molecular weight is 407 g/mol. The zero-order valence-electron chi connectivity index (χ0n) is 17.2. The van der Waals surface area contributed by atoms with E-state index in [0.29, 0.717) is 28.7 Å². The third-order valence-electron chi connectivity index (χ3n) is 5.17. The van der Waals surface area contributed by atoms with Crippen LogP contribution in [0.2, 0.25) is 0 Å². The monoisotopic (exact) mass is 407 g/mol. The van der Waals surface area contributed by atoms with Crippen molar-refractivity contribution in [1.29, 1.82) is 0 Å². The van der Waals surface area contributed by atoms with Gasteiger partial charge < -0.3 is 10.1 Å². The number of anilines is 1. The first-order chi connectivity index (χ1) is 14.5. The summed E-state index contributed by atoms with van der Waals surface area (Å²) in [6.07, 6.45) is 0.942. The summed E-state index contributed by atoms with van der Waals surface area (Å²) >= 11 is 0. The van der Waals surface area contributed by atoms with E-state index in [2.05, 4.69) is 39.5 Å². The number of hydrogen-bond acceptors (Lipinski definition) is 7. The van der Waals surface area contributed by atoms with E-state index in [0.717, 1.165) is 23.2 Å². The zero-order chi connectivity index (χ0) is 21.1. The Morgan fingerprint density at radius 1 is 1.20 bits per heavy atom. The molecule has 3 aromatic rings. The van der Waals surface area contributed by atoms with Crippen molar-refractivity contribution in [1.82, 2.24) is 21.2 Å². The SMILES string of the molecule is Cc1ccc(NC(=O)c2ccccc2OCc2nonc2C)c(C2CC(C)NN2)c1. The van der Waals surface area contributed by atoms with Gasteiger partial charge in [0.15, 0.2) is 0 Å². The molecule has 156 valence electrons. The second kappa shape index (κ2) is 8.64. The van der Waals surface area contributed by atoms with E-state index in [9.17, 15) is 4.79 Å². The van der Waals surface area contributed by atoms with Gasteiger partial charge in [-0.3, -0.25) is 10.2 Å². The van der Waals surface area contributed by atoms with Crippen LogP contribution >= 0.6 is 0 Å². The van der Waals surface area contributed by atoms with Gasteiger partial charge in [0.2, 0.25) is 0 Å². The minimum absolute atomic E-state index is 0.129. The van der Waals surface area contributed by atoms with Crippen molar-refractivity contribution in [2.75, 3.05) is 5.32 Å². The highest BCUT2D eigenvalue weighted by Gasteiger charge is 2.25. The maximum atomic E-state index is 13.1. The number of aryl methyl sites for hydroxylation is 2. The van der Waals surface area contributed by atoms with Crippen LogP contribution in [0.4, 0.5) is 5.69 Å². The number of aromatic nitrogens is 2. The summed E-state index contributed by atoms with van der Waals surface area (Å²) in [6.45, 7) is 6.13. The van der Waals surface area contributed by atoms with Gasteiger partial charge in [0.25, 0.3) is 5.91 Å². The molecular formula is C22H25N5O3. The summed E-state index contributed by atoms with van der Waals surface area (Å²) in [5.74, 6) is 0.241. The van der Waals surface area contributed by atoms with Crippen molar-refractivity contribution in [3.05, 3.63) is 70.5 Å². The molecule has 0 saturated carbocycles. The molecule has 0 spiro atoms. The van der Waals surface area contributed by atoms with Crippen LogP contribution in [-0.4, -0.2) is 22.3 Å². The molecule has 1 aliphatic rings. The molecule has 0 radical (unpaired) electrons. The smallest absolute Gasteiger partial charge is 0.259 e. The van der Waals surface area contributed by atoms with E-state index >= 15 is 0 Å². The molecule has 8 nitrogen and oxygen atoms in total. The molecule has 4 rings (SSSR count). The molecule has 0 bridgehead atoms. The predicted octanol–water partition coefficient (Wildman–Crippen LogP) is 3.45. The number of hydrazine groups is 1. The van der Waals surface area contributed by atoms with Gasteiger partial charge in [-0.2, -0.15) is 0 Å². The van der Waals surface area contributed by atoms with Gasteiger partial charge in [0.1, 0.15) is 23.7 Å². The quantitative estimate of drug-likeness (QED) is 0.575. The number of nitrogens with zero attached hydrogens (tertiary/aromatic N) is 2. The van der Waals surface area contributed by atoms with Gasteiger partial charge in [0, 0.05) is 17.8 Å². The van der Waals surface area contributed by atoms with Crippen LogP contribution in [0.1, 0.15) is 52.3 Å². The molecule has 0 aliphatic carbocycles. The third-order valence-corrected chi connectivity index (χ3v) is 5.17. The fraction of sp³-hybridized carbons (Fsp3) is 0.318. The van der Waals surface area contributed by atoms with Crippen LogP contribution in [0.5, 0.6) is 5.75 Å². The number of hydrogen-bond donors (Lipinski definition) is 3. The van der Waals surface area contributed by atoms with Gasteiger partial charge in [-0.05, 0) is 51.0 Å². The highest BCUT2D eigenvalue weighted by molar-refractivity contribution is 6.06. The summed E-state index contributed by atoms with van der Waals surface area (Å²) in [6, 6.07) is 13.7. The Kier molecular flexibility index (Phi) is 5.78. The van der Waals surface area contributed by atoms with Crippen molar-refractivity contribution in [2.45, 2.75) is 45.9 Å². The maximum Gasteiger partial charge on any atom is 0.259 e. The molecule has 1 fully saturated rings. The van der Waals surface area contributed by atoms with E-state index < -0.39 is 0 Å². The number of rotatable bonds is 6. The van der Waals surface area contributed by atoms with E-state index in [1.54, 1.807) is 19.1 Å². The first kappa shape index (κ1) is 20.1. The standard InChI is InChI=1S/C22H25N5O3/c1-13-8-9-18(17(10-13)19-11-14(2)24-25-19)23-22(28)16-6-4-5-7-21(16)29-12-20-15(3)26-30-27-20/h4-10,14,19,24-25H,11-12H2,1-3H3,(H,23,28). The maximum absolute atomic E-state index is 13.1. The molecule has 3 N–H and O–H groups in total. The molecule has 1 aromatic heterocycles. The summed E-state index contributed by atoms with van der Waals surface area (Å²) in [5, 5.41) is 10.6. The first-order valence-electron chi connectivity index (χ1n) is 9.94. The zero-order valence-corrected chi connectivity index (χ0v) is 17.2. The summed E-state index contributed by atoms with van der Waals surface area (Å²) in [4.78, 5) is 13.1. The molecule has 1 saturated heterocycles. The van der Waals surface area contributed by atoms with Gasteiger partial charge in [0.05, 0.1) is 5.56 Å². The molecule has 2 heterocycles. The average Bonchev–Trinajstić information content (AvgIpc) is 3.36. The summed E-state index contributed by atoms with van der Waals surface area (Å²) in [5.41, 5.74) is 11.2. The van der Waals surface area contributed by atoms with Crippen molar-refractivity contribution in [3.8, 4) is 5.75 Å². The molecule has 30 heavy (non-hydrogen) atoms. The Labute approximate surface area is 174 Å². The second-order valence-electron chi connectivity index (χ2n) is 7.60. The number of amides is 1. The lowest BCUT2D eigenvalue weighted by Gasteiger charge is -2.18. The van der Waals surface area contributed by atoms with Crippen LogP contribution in [-0.2, 0) is 6.61 Å². The first-order valence-corrected chi connectivity index (χ1v) is 9.94. The van der Waals surface area contributed by atoms with Crippen molar-refractivity contribution in [3.63, 3.8) is 0 Å². The van der Waals surface area contributed by atoms with Gasteiger partial charge in [-0.1, -0.05) is 40.1 Å². The lowest BCUT2D eigenvalue weighted by molar-refractivity contribution is 0.102. The van der Waals surface area contributed by atoms with Crippen LogP contribution in [0, 0.1) is 13.8 Å². The van der Waals surface area contributed by atoms with E-state index in [1.807, 2.05) is 31.2 Å². The predicted molar refractivity (Wildman–Crippen MR) is 112 cm³/mol. The second-order valence-corrected chi connectivity index (χ2v) is 7.60. The fourth-order valence-corrected chi connectivity index (χ4v) is 3.50. The molecule has 1 aliphatic heterocycles. The van der Waals surface area contributed by atoms with Gasteiger partial charge >= 0.3 is 0 Å². The number of para-hydroxylation sites is 1. The van der Waals surface area contributed by atoms with Crippen LogP contribution in [0.25, 0.3) is 0 Å². The normalized spacial score (nSPS) is 18.4. The van der Waals surface area contributed by atoms with Crippen molar-refractivity contribution in [2.24, 2.45) is 0 Å². The van der Waals surface area contributed by atoms with Gasteiger partial charge in [-0.15, -0.1) is 0 Å². The fourth-order valence-electron chi connectivity index (χ4n) is 3.50. The minimum Gasteiger partial charge on any atom is -0.486 e. The lowest BCUT2D eigenvalue weighted by Crippen LogP contribution is -2.29. The lowest BCUT2D eigenvalue weighted by atomic mass is 9.98. The largest absolute Gasteiger partial charge is 0.486 e. The van der Waals surface area contributed by atoms with E-state index in [-0.39, 0.29) is 18.6 Å². The summed E-state index contributed by atoms with van der Waals surface area (Å²) in [7, 11) is 0. The Morgan fingerprint density at radius 3 is 2.77 bits per heavy atom. The number of carbonyl (C=O) groups is 1. The van der Waals surface area contributed by atoms with Gasteiger partial charge in [-0.25, -0.2) is 10.1 Å². The molecular weight excluding hydrogens is 382 g/mol. The molecule has 2 aromatic carbocycles. The number of nitrogens with one attached hydrogen (secondary N) is 3. The highest BCUT2D eigenvalue weighted by atomic mass is 16.6. The molecule has 2 unspecified atom stereocenters. The Balaban J connectivity index is 1.54. The van der Waals surface area contributed by atoms with Crippen LogP contribution in [0.3, 0.4) is 0 Å². The Morgan fingerprint density at radius 2 is 2.03 bits per heavy atom. The van der Waals surface area contributed by atoms with Crippen LogP contribution in [0.15, 0.2) is 47.1 Å². The molecule has 1 amide bonds. The summed E-state index contributed by atoms with van der Waals surface area (Å²) < 4.78 is 10.5. The molecule has 8 heteroatoms. The Hall–Kier alpha value is -3.23. The number of ether oxygens (including phenoxy) is 1. The van der Waals surface area contributed by atoms with E-state index in [1.165, 1.54) is 0 Å². The van der Waals surface area contributed by atoms with Crippen molar-refractivity contribution < 1.29 is 14.2 Å². The third kappa shape index (κ3) is 4.34. The Bertz CT molecular complexity index is 1050. The van der Waals surface area contributed by atoms with Crippen molar-refractivity contribution >= 4 is 11.6 Å². The van der Waals surface area contributed by atoms with E-state index in [4.69, 9.17) is 9.37 Å². The van der Waals surface area contributed by atoms with Crippen LogP contribution < -0.4 is 20.9 Å².